The molecule has 1 aromatic carbocycles. The number of hydrogen-bond acceptors (Lipinski definition) is 3. The van der Waals surface area contributed by atoms with Gasteiger partial charge in [0.25, 0.3) is 0 Å². The van der Waals surface area contributed by atoms with Gasteiger partial charge in [0.15, 0.2) is 0 Å². The number of carbonyl (C=O) groups is 3. The Hall–Kier alpha value is -2.37. The Morgan fingerprint density at radius 2 is 1.96 bits per heavy atom. The van der Waals surface area contributed by atoms with E-state index in [2.05, 4.69) is 5.32 Å². The predicted octanol–water partition coefficient (Wildman–Crippen LogP) is 1.45. The van der Waals surface area contributed by atoms with Crippen LogP contribution >= 0.6 is 0 Å². The van der Waals surface area contributed by atoms with Crippen molar-refractivity contribution in [2.75, 3.05) is 13.1 Å². The minimum absolute atomic E-state index is 0.00728. The van der Waals surface area contributed by atoms with Crippen LogP contribution in [0.25, 0.3) is 0 Å². The Morgan fingerprint density at radius 3 is 2.56 bits per heavy atom. The van der Waals surface area contributed by atoms with E-state index in [9.17, 15) is 19.5 Å². The molecule has 2 amide bonds. The van der Waals surface area contributed by atoms with Crippen LogP contribution in [0.4, 0.5) is 0 Å². The van der Waals surface area contributed by atoms with Gasteiger partial charge in [0.1, 0.15) is 5.54 Å². The quantitative estimate of drug-likeness (QED) is 0.784. The number of aliphatic carboxylic acids is 1. The first-order chi connectivity index (χ1) is 11.9. The van der Waals surface area contributed by atoms with Crippen molar-refractivity contribution in [3.05, 3.63) is 35.9 Å². The number of carboxylic acids is 1. The van der Waals surface area contributed by atoms with Crippen molar-refractivity contribution in [3.63, 3.8) is 0 Å². The van der Waals surface area contributed by atoms with Crippen LogP contribution < -0.4 is 5.32 Å². The molecule has 0 spiro atoms. The molecule has 25 heavy (non-hydrogen) atoms. The summed E-state index contributed by atoms with van der Waals surface area (Å²) in [6.45, 7) is 2.63. The highest BCUT2D eigenvalue weighted by atomic mass is 16.4. The summed E-state index contributed by atoms with van der Waals surface area (Å²) < 4.78 is 0. The van der Waals surface area contributed by atoms with Gasteiger partial charge in [-0.15, -0.1) is 0 Å². The van der Waals surface area contributed by atoms with Crippen LogP contribution in [0.3, 0.4) is 0 Å². The van der Waals surface area contributed by atoms with Crippen LogP contribution in [0.2, 0.25) is 0 Å². The first-order valence-electron chi connectivity index (χ1n) is 8.74. The van der Waals surface area contributed by atoms with E-state index >= 15 is 0 Å². The van der Waals surface area contributed by atoms with E-state index in [4.69, 9.17) is 0 Å². The van der Waals surface area contributed by atoms with Gasteiger partial charge in [0.05, 0.1) is 5.92 Å². The van der Waals surface area contributed by atoms with Gasteiger partial charge in [-0.3, -0.25) is 9.59 Å². The Balaban J connectivity index is 1.64. The summed E-state index contributed by atoms with van der Waals surface area (Å²) in [6, 6.07) is 9.21. The number of nitrogens with zero attached hydrogens (tertiary/aromatic N) is 1. The van der Waals surface area contributed by atoms with Crippen molar-refractivity contribution in [2.24, 2.45) is 11.8 Å². The zero-order valence-corrected chi connectivity index (χ0v) is 14.4. The van der Waals surface area contributed by atoms with E-state index in [1.165, 1.54) is 6.92 Å². The summed E-state index contributed by atoms with van der Waals surface area (Å²) in [5.41, 5.74) is -0.559. The molecule has 1 aliphatic carbocycles. The largest absolute Gasteiger partial charge is 0.480 e. The third-order valence-corrected chi connectivity index (χ3v) is 5.03. The first-order valence-corrected chi connectivity index (χ1v) is 8.74. The second kappa shape index (κ2) is 6.86. The fourth-order valence-electron chi connectivity index (χ4n) is 3.29. The maximum atomic E-state index is 12.6. The zero-order valence-electron chi connectivity index (χ0n) is 14.4. The molecule has 3 rings (SSSR count). The second-order valence-electron chi connectivity index (χ2n) is 7.43. The maximum Gasteiger partial charge on any atom is 0.329 e. The van der Waals surface area contributed by atoms with Crippen molar-refractivity contribution in [1.82, 2.24) is 10.2 Å². The summed E-state index contributed by atoms with van der Waals surface area (Å²) in [7, 11) is 0. The summed E-state index contributed by atoms with van der Waals surface area (Å²) >= 11 is 0. The highest BCUT2D eigenvalue weighted by Gasteiger charge is 2.41. The van der Waals surface area contributed by atoms with Gasteiger partial charge in [0.2, 0.25) is 11.8 Å². The number of carbonyl (C=O) groups excluding carboxylic acids is 2. The van der Waals surface area contributed by atoms with Crippen LogP contribution in [0.15, 0.2) is 30.3 Å². The highest BCUT2D eigenvalue weighted by molar-refractivity contribution is 5.92. The monoisotopic (exact) mass is 344 g/mol. The molecule has 0 aromatic heterocycles. The number of likely N-dealkylation sites (tertiary alicyclic amines) is 1. The fraction of sp³-hybridized carbons (Fsp3) is 0.526. The molecule has 1 saturated carbocycles. The van der Waals surface area contributed by atoms with E-state index in [0.717, 1.165) is 24.9 Å². The lowest BCUT2D eigenvalue weighted by atomic mass is 9.91. The lowest BCUT2D eigenvalue weighted by molar-refractivity contribution is -0.147. The summed E-state index contributed by atoms with van der Waals surface area (Å²) in [5, 5.41) is 12.3. The Labute approximate surface area is 147 Å². The lowest BCUT2D eigenvalue weighted by Crippen LogP contribution is -2.55. The summed E-state index contributed by atoms with van der Waals surface area (Å²) in [4.78, 5) is 38.2. The van der Waals surface area contributed by atoms with Crippen LogP contribution in [0.5, 0.6) is 0 Å². The molecule has 2 atom stereocenters. The van der Waals surface area contributed by atoms with Gasteiger partial charge in [-0.1, -0.05) is 30.3 Å². The Kier molecular flexibility index (Phi) is 4.79. The molecular weight excluding hydrogens is 320 g/mol. The summed E-state index contributed by atoms with van der Waals surface area (Å²) in [5.74, 6) is -1.34. The standard InChI is InChI=1S/C19H24N2O4/c1-19(18(24)25,10-13-5-3-2-4-6-13)20-17(23)15-9-16(22)21(12-15)11-14-7-8-14/h2-6,14-15H,7-12H2,1H3,(H,20,23)(H,24,25)/t15-,19+/m1/s1. The predicted molar refractivity (Wildman–Crippen MR) is 91.7 cm³/mol. The minimum atomic E-state index is -1.40. The normalized spacial score (nSPS) is 22.5. The Morgan fingerprint density at radius 1 is 1.28 bits per heavy atom. The van der Waals surface area contributed by atoms with E-state index in [1.54, 1.807) is 4.90 Å². The molecule has 1 heterocycles. The molecule has 1 aromatic rings. The molecule has 2 aliphatic rings. The molecule has 0 bridgehead atoms. The number of rotatable bonds is 7. The van der Waals surface area contributed by atoms with Crippen molar-refractivity contribution >= 4 is 17.8 Å². The fourth-order valence-corrected chi connectivity index (χ4v) is 3.29. The van der Waals surface area contributed by atoms with E-state index in [1.807, 2.05) is 30.3 Å². The van der Waals surface area contributed by atoms with Crippen LogP contribution in [0.1, 0.15) is 31.7 Å². The van der Waals surface area contributed by atoms with Gasteiger partial charge >= 0.3 is 5.97 Å². The molecule has 2 fully saturated rings. The number of amides is 2. The average Bonchev–Trinajstić information content (AvgIpc) is 3.30. The number of carboxylic acid groups (broad SMARTS) is 1. The van der Waals surface area contributed by atoms with Crippen LogP contribution in [-0.2, 0) is 20.8 Å². The Bertz CT molecular complexity index is 671. The molecular formula is C19H24N2O4. The van der Waals surface area contributed by atoms with Crippen molar-refractivity contribution in [3.8, 4) is 0 Å². The van der Waals surface area contributed by atoms with E-state index in [0.29, 0.717) is 12.5 Å². The average molecular weight is 344 g/mol. The minimum Gasteiger partial charge on any atom is -0.480 e. The molecule has 1 saturated heterocycles. The molecule has 6 nitrogen and oxygen atoms in total. The second-order valence-corrected chi connectivity index (χ2v) is 7.43. The zero-order chi connectivity index (χ0) is 18.0. The molecule has 1 aliphatic heterocycles. The maximum absolute atomic E-state index is 12.6. The number of nitrogens with one attached hydrogen (secondary N) is 1. The molecule has 2 N–H and O–H groups in total. The molecule has 0 unspecified atom stereocenters. The van der Waals surface area contributed by atoms with Crippen molar-refractivity contribution in [1.29, 1.82) is 0 Å². The molecule has 6 heteroatoms. The van der Waals surface area contributed by atoms with Crippen molar-refractivity contribution < 1.29 is 19.5 Å². The SMILES string of the molecule is C[C@@](Cc1ccccc1)(NC(=O)[C@@H]1CC(=O)N(CC2CC2)C1)C(=O)O. The summed E-state index contributed by atoms with van der Waals surface area (Å²) in [6.07, 6.45) is 2.66. The van der Waals surface area contributed by atoms with E-state index < -0.39 is 17.4 Å². The van der Waals surface area contributed by atoms with Gasteiger partial charge in [-0.2, -0.15) is 0 Å². The number of hydrogen-bond donors (Lipinski definition) is 2. The van der Waals surface area contributed by atoms with Crippen molar-refractivity contribution in [2.45, 2.75) is 38.1 Å². The highest BCUT2D eigenvalue weighted by Crippen LogP contribution is 2.32. The van der Waals surface area contributed by atoms with Gasteiger partial charge in [-0.25, -0.2) is 4.79 Å². The van der Waals surface area contributed by atoms with Gasteiger partial charge in [0, 0.05) is 25.9 Å². The third kappa shape index (κ3) is 4.18. The topological polar surface area (TPSA) is 86.7 Å². The third-order valence-electron chi connectivity index (χ3n) is 5.03. The molecule has 134 valence electrons. The van der Waals surface area contributed by atoms with E-state index in [-0.39, 0.29) is 24.7 Å². The molecule has 0 radical (unpaired) electrons. The smallest absolute Gasteiger partial charge is 0.329 e. The lowest BCUT2D eigenvalue weighted by Gasteiger charge is -2.28. The van der Waals surface area contributed by atoms with Crippen LogP contribution in [0, 0.1) is 11.8 Å². The van der Waals surface area contributed by atoms with Gasteiger partial charge in [-0.05, 0) is 31.2 Å². The van der Waals surface area contributed by atoms with Crippen LogP contribution in [-0.4, -0.2) is 46.4 Å². The first kappa shape index (κ1) is 17.5. The van der Waals surface area contributed by atoms with Gasteiger partial charge < -0.3 is 15.3 Å². The number of benzene rings is 1.